The number of aryl methyl sites for hydroxylation is 2. The minimum atomic E-state index is -4.67. The first-order valence-electron chi connectivity index (χ1n) is 10.3. The summed E-state index contributed by atoms with van der Waals surface area (Å²) < 4.78 is 42.7. The Morgan fingerprint density at radius 2 is 1.94 bits per heavy atom. The van der Waals surface area contributed by atoms with Crippen LogP contribution in [0.1, 0.15) is 21.6 Å². The molecule has 0 fully saturated rings. The Kier molecular flexibility index (Phi) is 6.38. The monoisotopic (exact) mass is 488 g/mol. The highest BCUT2D eigenvalue weighted by molar-refractivity contribution is 7.13. The fraction of sp³-hybridized carbons (Fsp3) is 0.217. The van der Waals surface area contributed by atoms with Crippen molar-refractivity contribution in [2.75, 3.05) is 24.3 Å². The van der Waals surface area contributed by atoms with E-state index in [1.54, 1.807) is 5.38 Å². The summed E-state index contributed by atoms with van der Waals surface area (Å²) in [7, 11) is 3.82. The molecule has 0 saturated heterocycles. The van der Waals surface area contributed by atoms with Gasteiger partial charge in [-0.2, -0.15) is 13.2 Å². The molecule has 34 heavy (non-hydrogen) atoms. The number of alkyl halides is 3. The molecular formula is C23H21F3N5O2S+. The molecule has 0 radical (unpaired) electrons. The second-order valence-corrected chi connectivity index (χ2v) is 8.66. The zero-order chi connectivity index (χ0) is 24.5. The van der Waals surface area contributed by atoms with Crippen molar-refractivity contribution in [2.24, 2.45) is 0 Å². The second-order valence-electron chi connectivity index (χ2n) is 7.76. The maximum Gasteiger partial charge on any atom is 0.418 e. The minimum Gasteiger partial charge on any atom is -0.377 e. The number of hydrogen-bond donors (Lipinski definition) is 2. The summed E-state index contributed by atoms with van der Waals surface area (Å²) >= 11 is 1.17. The Hall–Kier alpha value is -3.73. The molecule has 1 aromatic carbocycles. The lowest BCUT2D eigenvalue weighted by molar-refractivity contribution is -0.696. The molecule has 0 aliphatic heterocycles. The number of amides is 1. The van der Waals surface area contributed by atoms with Gasteiger partial charge in [0.25, 0.3) is 5.91 Å². The summed E-state index contributed by atoms with van der Waals surface area (Å²) in [6.07, 6.45) is 0.608. The zero-order valence-corrected chi connectivity index (χ0v) is 19.1. The van der Waals surface area contributed by atoms with Crippen LogP contribution in [-0.2, 0) is 19.1 Å². The lowest BCUT2D eigenvalue weighted by atomic mass is 10.0. The van der Waals surface area contributed by atoms with Gasteiger partial charge in [0.2, 0.25) is 5.43 Å². The Labute approximate surface area is 196 Å². The summed E-state index contributed by atoms with van der Waals surface area (Å²) in [4.78, 5) is 34.9. The van der Waals surface area contributed by atoms with E-state index in [0.29, 0.717) is 6.54 Å². The number of para-hydroxylation sites is 1. The predicted molar refractivity (Wildman–Crippen MR) is 124 cm³/mol. The second kappa shape index (κ2) is 9.26. The zero-order valence-electron chi connectivity index (χ0n) is 18.3. The average Bonchev–Trinajstić information content (AvgIpc) is 3.30. The van der Waals surface area contributed by atoms with Crippen LogP contribution in [0.25, 0.3) is 10.9 Å². The number of nitrogens with zero attached hydrogens (tertiary/aromatic N) is 3. The Balaban J connectivity index is 1.79. The number of nitrogens with one attached hydrogen (secondary N) is 2. The highest BCUT2D eigenvalue weighted by atomic mass is 32.1. The third-order valence-corrected chi connectivity index (χ3v) is 6.00. The van der Waals surface area contributed by atoms with Crippen molar-refractivity contribution < 1.29 is 22.5 Å². The minimum absolute atomic E-state index is 0.118. The number of fused-ring (bicyclic) bond motifs is 1. The van der Waals surface area contributed by atoms with Gasteiger partial charge in [0.05, 0.1) is 11.1 Å². The molecule has 1 amide bonds. The fourth-order valence-electron chi connectivity index (χ4n) is 3.61. The number of halogens is 3. The third-order valence-electron chi connectivity index (χ3n) is 5.31. The van der Waals surface area contributed by atoms with Crippen LogP contribution >= 0.6 is 11.3 Å². The van der Waals surface area contributed by atoms with Crippen LogP contribution in [0.3, 0.4) is 0 Å². The molecule has 0 spiro atoms. The van der Waals surface area contributed by atoms with E-state index < -0.39 is 23.1 Å². The average molecular weight is 489 g/mol. The van der Waals surface area contributed by atoms with Crippen LogP contribution in [0.2, 0.25) is 0 Å². The van der Waals surface area contributed by atoms with Crippen molar-refractivity contribution in [3.05, 3.63) is 81.3 Å². The first-order valence-corrected chi connectivity index (χ1v) is 11.2. The summed E-state index contributed by atoms with van der Waals surface area (Å²) in [6, 6.07) is 7.13. The topological polar surface area (TPSA) is 82.0 Å². The predicted octanol–water partition coefficient (Wildman–Crippen LogP) is 3.85. The van der Waals surface area contributed by atoms with E-state index >= 15 is 0 Å². The highest BCUT2D eigenvalue weighted by Gasteiger charge is 2.34. The van der Waals surface area contributed by atoms with Crippen LogP contribution in [0, 0.1) is 0 Å². The quantitative estimate of drug-likeness (QED) is 0.404. The molecule has 3 heterocycles. The largest absolute Gasteiger partial charge is 0.418 e. The first kappa shape index (κ1) is 23.4. The van der Waals surface area contributed by atoms with Crippen LogP contribution < -0.4 is 20.2 Å². The molecule has 0 unspecified atom stereocenters. The van der Waals surface area contributed by atoms with Gasteiger partial charge in [0, 0.05) is 61.0 Å². The van der Waals surface area contributed by atoms with E-state index in [4.69, 9.17) is 0 Å². The van der Waals surface area contributed by atoms with Gasteiger partial charge < -0.3 is 9.88 Å². The van der Waals surface area contributed by atoms with Crippen molar-refractivity contribution in [1.82, 2.24) is 9.97 Å². The molecule has 3 aromatic heterocycles. The molecule has 0 aliphatic rings. The standard InChI is InChI=1S/C23H20F3N5O2S/c1-30(2)14-6-10-31(11-7-14)12-8-17-18(21(33)29-22-27-9-13-34-22)20(32)15-4-3-5-16(19(15)28-17)23(24,25)26/h3-7,9-11,13H,8,12H2,1-2H3,(H-,27,28,29,32,33)/p+1. The normalized spacial score (nSPS) is 11.6. The van der Waals surface area contributed by atoms with Gasteiger partial charge in [-0.15, -0.1) is 11.3 Å². The van der Waals surface area contributed by atoms with Gasteiger partial charge in [0.1, 0.15) is 5.56 Å². The van der Waals surface area contributed by atoms with Crippen molar-refractivity contribution in [3.8, 4) is 0 Å². The number of pyridine rings is 2. The fourth-order valence-corrected chi connectivity index (χ4v) is 4.13. The number of carbonyl (C=O) groups is 1. The van der Waals surface area contributed by atoms with E-state index in [9.17, 15) is 22.8 Å². The Morgan fingerprint density at radius 1 is 1.21 bits per heavy atom. The molecule has 7 nitrogen and oxygen atoms in total. The lowest BCUT2D eigenvalue weighted by Gasteiger charge is -2.14. The van der Waals surface area contributed by atoms with Crippen molar-refractivity contribution in [2.45, 2.75) is 19.1 Å². The molecule has 0 bridgehead atoms. The van der Waals surface area contributed by atoms with Gasteiger partial charge in [0.15, 0.2) is 24.1 Å². The van der Waals surface area contributed by atoms with Crippen LogP contribution in [0.5, 0.6) is 0 Å². The lowest BCUT2D eigenvalue weighted by Crippen LogP contribution is -2.35. The molecule has 176 valence electrons. The van der Waals surface area contributed by atoms with Gasteiger partial charge in [-0.3, -0.25) is 14.9 Å². The molecule has 4 rings (SSSR count). The number of benzene rings is 1. The van der Waals surface area contributed by atoms with Crippen LogP contribution in [0.4, 0.5) is 24.0 Å². The van der Waals surface area contributed by atoms with Gasteiger partial charge in [-0.1, -0.05) is 6.07 Å². The van der Waals surface area contributed by atoms with E-state index in [1.165, 1.54) is 23.6 Å². The summed E-state index contributed by atoms with van der Waals surface area (Å²) in [6.45, 7) is 0.334. The number of carbonyl (C=O) groups excluding carboxylic acids is 1. The smallest absolute Gasteiger partial charge is 0.377 e. The number of thiazole rings is 1. The summed E-state index contributed by atoms with van der Waals surface area (Å²) in [5.74, 6) is -0.724. The van der Waals surface area contributed by atoms with E-state index in [2.05, 4.69) is 15.3 Å². The summed E-state index contributed by atoms with van der Waals surface area (Å²) in [5, 5.41) is 4.30. The molecule has 11 heteroatoms. The summed E-state index contributed by atoms with van der Waals surface area (Å²) in [5.41, 5.74) is -1.20. The SMILES string of the molecule is CN(C)c1cc[n+](CCc2[nH]c3c(C(F)(F)F)cccc3c(=O)c2C(=O)Nc2nccs2)cc1. The maximum absolute atomic E-state index is 13.6. The number of aromatic nitrogens is 3. The molecular weight excluding hydrogens is 467 g/mol. The molecule has 0 atom stereocenters. The molecule has 0 aliphatic carbocycles. The number of anilines is 2. The maximum atomic E-state index is 13.6. The number of rotatable bonds is 6. The van der Waals surface area contributed by atoms with E-state index in [1.807, 2.05) is 48.1 Å². The van der Waals surface area contributed by atoms with Gasteiger partial charge >= 0.3 is 6.18 Å². The van der Waals surface area contributed by atoms with E-state index in [-0.39, 0.29) is 33.7 Å². The van der Waals surface area contributed by atoms with Gasteiger partial charge in [-0.05, 0) is 12.1 Å². The van der Waals surface area contributed by atoms with Crippen LogP contribution in [-0.4, -0.2) is 30.0 Å². The number of aromatic amines is 1. The van der Waals surface area contributed by atoms with E-state index in [0.717, 1.165) is 17.8 Å². The highest BCUT2D eigenvalue weighted by Crippen LogP contribution is 2.33. The van der Waals surface area contributed by atoms with Crippen molar-refractivity contribution >= 4 is 39.0 Å². The molecule has 0 saturated carbocycles. The van der Waals surface area contributed by atoms with Crippen molar-refractivity contribution in [3.63, 3.8) is 0 Å². The number of H-pyrrole nitrogens is 1. The van der Waals surface area contributed by atoms with Crippen molar-refractivity contribution in [1.29, 1.82) is 0 Å². The first-order chi connectivity index (χ1) is 16.1. The Morgan fingerprint density at radius 3 is 2.56 bits per heavy atom. The number of hydrogen-bond acceptors (Lipinski definition) is 5. The van der Waals surface area contributed by atoms with Crippen LogP contribution in [0.15, 0.2) is 59.1 Å². The third kappa shape index (κ3) is 4.79. The Bertz CT molecular complexity index is 1380. The molecule has 4 aromatic rings. The van der Waals surface area contributed by atoms with Gasteiger partial charge in [-0.25, -0.2) is 9.55 Å². The molecule has 2 N–H and O–H groups in total.